The van der Waals surface area contributed by atoms with Crippen LogP contribution in [0.25, 0.3) is 0 Å². The Hall–Kier alpha value is -4.14. The molecule has 4 rings (SSSR count). The van der Waals surface area contributed by atoms with Crippen LogP contribution in [0.3, 0.4) is 0 Å². The molecule has 0 N–H and O–H groups in total. The lowest BCUT2D eigenvalue weighted by molar-refractivity contribution is -0.0503. The van der Waals surface area contributed by atoms with Gasteiger partial charge in [-0.1, -0.05) is 42.5 Å². The first kappa shape index (κ1) is 25.0. The lowest BCUT2D eigenvalue weighted by atomic mass is 10.1. The van der Waals surface area contributed by atoms with Gasteiger partial charge in [0.2, 0.25) is 0 Å². The molecule has 0 spiro atoms. The fraction of sp³-hybridized carbons (Fsp3) is 0.259. The second-order valence-electron chi connectivity index (χ2n) is 8.10. The van der Waals surface area contributed by atoms with Crippen molar-refractivity contribution in [2.45, 2.75) is 13.2 Å². The molecule has 1 heterocycles. The van der Waals surface area contributed by atoms with E-state index in [1.807, 2.05) is 30.3 Å². The first-order valence-corrected chi connectivity index (χ1v) is 11.4. The number of carbonyl (C=O) groups is 2. The monoisotopic (exact) mass is 496 g/mol. The van der Waals surface area contributed by atoms with Crippen molar-refractivity contribution in [3.05, 3.63) is 89.5 Å². The maximum atomic E-state index is 13.1. The summed E-state index contributed by atoms with van der Waals surface area (Å²) < 4.78 is 41.2. The van der Waals surface area contributed by atoms with E-state index in [1.54, 1.807) is 29.2 Å². The molecule has 3 aromatic rings. The van der Waals surface area contributed by atoms with Crippen molar-refractivity contribution in [2.24, 2.45) is 0 Å². The summed E-state index contributed by atoms with van der Waals surface area (Å²) >= 11 is 0. The minimum absolute atomic E-state index is 0.0633. The summed E-state index contributed by atoms with van der Waals surface area (Å²) in [6.45, 7) is -1.52. The van der Waals surface area contributed by atoms with Crippen LogP contribution in [0.1, 0.15) is 26.3 Å². The number of piperazine rings is 1. The van der Waals surface area contributed by atoms with Crippen LogP contribution >= 0.6 is 0 Å². The molecule has 36 heavy (non-hydrogen) atoms. The number of halogens is 2. The van der Waals surface area contributed by atoms with E-state index in [4.69, 9.17) is 9.47 Å². The van der Waals surface area contributed by atoms with Crippen molar-refractivity contribution in [3.63, 3.8) is 0 Å². The van der Waals surface area contributed by atoms with Crippen LogP contribution in [0.5, 0.6) is 17.2 Å². The summed E-state index contributed by atoms with van der Waals surface area (Å²) in [6, 6.07) is 20.6. The topological polar surface area (TPSA) is 68.3 Å². The summed E-state index contributed by atoms with van der Waals surface area (Å²) in [4.78, 5) is 29.2. The summed E-state index contributed by atoms with van der Waals surface area (Å²) in [6.07, 6.45) is 0. The van der Waals surface area contributed by atoms with Crippen LogP contribution in [0.15, 0.2) is 72.8 Å². The third-order valence-electron chi connectivity index (χ3n) is 5.84. The number of benzene rings is 3. The number of alkyl halides is 2. The highest BCUT2D eigenvalue weighted by Gasteiger charge is 2.28. The second kappa shape index (κ2) is 11.5. The zero-order chi connectivity index (χ0) is 25.5. The molecular weight excluding hydrogens is 470 g/mol. The summed E-state index contributed by atoms with van der Waals surface area (Å²) in [5, 5.41) is 0. The van der Waals surface area contributed by atoms with Crippen molar-refractivity contribution in [1.29, 1.82) is 0 Å². The van der Waals surface area contributed by atoms with E-state index in [0.29, 0.717) is 36.8 Å². The van der Waals surface area contributed by atoms with E-state index in [1.165, 1.54) is 30.2 Å². The molecule has 0 saturated carbocycles. The van der Waals surface area contributed by atoms with Gasteiger partial charge in [0.25, 0.3) is 11.8 Å². The van der Waals surface area contributed by atoms with Gasteiger partial charge >= 0.3 is 6.61 Å². The van der Waals surface area contributed by atoms with E-state index >= 15 is 0 Å². The number of hydrogen-bond donors (Lipinski definition) is 0. The highest BCUT2D eigenvalue weighted by atomic mass is 19.3. The van der Waals surface area contributed by atoms with Gasteiger partial charge in [-0.15, -0.1) is 0 Å². The molecule has 1 aliphatic rings. The van der Waals surface area contributed by atoms with Crippen molar-refractivity contribution in [2.75, 3.05) is 33.3 Å². The zero-order valence-corrected chi connectivity index (χ0v) is 19.7. The third kappa shape index (κ3) is 5.91. The first-order valence-electron chi connectivity index (χ1n) is 11.4. The average Bonchev–Trinajstić information content (AvgIpc) is 2.91. The van der Waals surface area contributed by atoms with Crippen LogP contribution in [0, 0.1) is 0 Å². The molecule has 7 nitrogen and oxygen atoms in total. The van der Waals surface area contributed by atoms with Gasteiger partial charge in [0.15, 0.2) is 11.5 Å². The first-order chi connectivity index (χ1) is 17.5. The Balaban J connectivity index is 1.38. The lowest BCUT2D eigenvalue weighted by Crippen LogP contribution is -2.50. The number of para-hydroxylation sites is 1. The van der Waals surface area contributed by atoms with E-state index in [9.17, 15) is 18.4 Å². The third-order valence-corrected chi connectivity index (χ3v) is 5.84. The molecule has 0 unspecified atom stereocenters. The molecule has 1 fully saturated rings. The number of amides is 2. The molecule has 2 amide bonds. The Kier molecular flexibility index (Phi) is 7.99. The molecule has 0 aliphatic carbocycles. The fourth-order valence-electron chi connectivity index (χ4n) is 3.96. The van der Waals surface area contributed by atoms with Gasteiger partial charge in [0, 0.05) is 31.7 Å². The normalized spacial score (nSPS) is 13.4. The molecule has 0 radical (unpaired) electrons. The minimum Gasteiger partial charge on any atom is -0.493 e. The van der Waals surface area contributed by atoms with Crippen LogP contribution in [0.4, 0.5) is 8.78 Å². The Morgan fingerprint density at radius 3 is 2.11 bits per heavy atom. The Labute approximate surface area is 207 Å². The smallest absolute Gasteiger partial charge is 0.387 e. The number of rotatable bonds is 8. The van der Waals surface area contributed by atoms with Crippen molar-refractivity contribution in [1.82, 2.24) is 9.80 Å². The highest BCUT2D eigenvalue weighted by Crippen LogP contribution is 2.30. The summed E-state index contributed by atoms with van der Waals surface area (Å²) in [7, 11) is 1.51. The molecule has 1 aliphatic heterocycles. The van der Waals surface area contributed by atoms with E-state index in [-0.39, 0.29) is 30.3 Å². The Morgan fingerprint density at radius 2 is 1.44 bits per heavy atom. The van der Waals surface area contributed by atoms with Crippen molar-refractivity contribution < 1.29 is 32.6 Å². The number of carbonyl (C=O) groups excluding carboxylic acids is 2. The summed E-state index contributed by atoms with van der Waals surface area (Å²) in [5.41, 5.74) is 1.51. The second-order valence-corrected chi connectivity index (χ2v) is 8.10. The van der Waals surface area contributed by atoms with Gasteiger partial charge in [-0.25, -0.2) is 0 Å². The maximum Gasteiger partial charge on any atom is 0.387 e. The van der Waals surface area contributed by atoms with Gasteiger partial charge in [-0.3, -0.25) is 9.59 Å². The van der Waals surface area contributed by atoms with Gasteiger partial charge in [0.1, 0.15) is 12.4 Å². The summed E-state index contributed by atoms with van der Waals surface area (Å²) in [5.74, 6) is 0.188. The molecule has 0 bridgehead atoms. The fourth-order valence-corrected chi connectivity index (χ4v) is 3.96. The van der Waals surface area contributed by atoms with E-state index in [2.05, 4.69) is 4.74 Å². The molecule has 0 atom stereocenters. The molecule has 1 saturated heterocycles. The largest absolute Gasteiger partial charge is 0.493 e. The molecule has 9 heteroatoms. The number of methoxy groups -OCH3 is 1. The van der Waals surface area contributed by atoms with Crippen LogP contribution < -0.4 is 14.2 Å². The van der Waals surface area contributed by atoms with Crippen LogP contribution in [-0.4, -0.2) is 61.5 Å². The van der Waals surface area contributed by atoms with Gasteiger partial charge in [-0.2, -0.15) is 8.78 Å². The van der Waals surface area contributed by atoms with Crippen molar-refractivity contribution >= 4 is 11.8 Å². The standard InChI is InChI=1S/C27H26F2N2O5/c1-34-24-17-20(11-12-23(24)35-18-19-7-3-2-4-8-19)25(32)30-13-15-31(16-14-30)26(33)21-9-5-6-10-22(21)36-27(28)29/h2-12,17,27H,13-16,18H2,1H3. The van der Waals surface area contributed by atoms with Crippen LogP contribution in [0.2, 0.25) is 0 Å². The predicted octanol–water partition coefficient (Wildman–Crippen LogP) is 4.47. The van der Waals surface area contributed by atoms with E-state index in [0.717, 1.165) is 5.56 Å². The van der Waals surface area contributed by atoms with Crippen molar-refractivity contribution in [3.8, 4) is 17.2 Å². The maximum absolute atomic E-state index is 13.1. The lowest BCUT2D eigenvalue weighted by Gasteiger charge is -2.35. The predicted molar refractivity (Wildman–Crippen MR) is 129 cm³/mol. The minimum atomic E-state index is -3.03. The quantitative estimate of drug-likeness (QED) is 0.460. The Morgan fingerprint density at radius 1 is 0.806 bits per heavy atom. The number of nitrogens with zero attached hydrogens (tertiary/aromatic N) is 2. The number of hydrogen-bond acceptors (Lipinski definition) is 5. The molecule has 3 aromatic carbocycles. The highest BCUT2D eigenvalue weighted by molar-refractivity contribution is 5.98. The van der Waals surface area contributed by atoms with Crippen LogP contribution in [-0.2, 0) is 6.61 Å². The van der Waals surface area contributed by atoms with Gasteiger partial charge in [0.05, 0.1) is 12.7 Å². The molecular formula is C27H26F2N2O5. The Bertz CT molecular complexity index is 1200. The SMILES string of the molecule is COc1cc(C(=O)N2CCN(C(=O)c3ccccc3OC(F)F)CC2)ccc1OCc1ccccc1. The molecule has 188 valence electrons. The van der Waals surface area contributed by atoms with Gasteiger partial charge < -0.3 is 24.0 Å². The van der Waals surface area contributed by atoms with E-state index < -0.39 is 12.5 Å². The zero-order valence-electron chi connectivity index (χ0n) is 19.7. The van der Waals surface area contributed by atoms with Gasteiger partial charge in [-0.05, 0) is 35.9 Å². The number of ether oxygens (including phenoxy) is 3. The molecule has 0 aromatic heterocycles. The average molecular weight is 497 g/mol.